The zero-order valence-electron chi connectivity index (χ0n) is 25.9. The van der Waals surface area contributed by atoms with E-state index in [-0.39, 0.29) is 5.30 Å². The van der Waals surface area contributed by atoms with Gasteiger partial charge in [0.1, 0.15) is 0 Å². The van der Waals surface area contributed by atoms with Gasteiger partial charge in [0, 0.05) is 5.25 Å². The molecule has 4 aliphatic rings. The maximum atomic E-state index is 12.5. The highest BCUT2D eigenvalue weighted by atomic mass is 32.2. The Hall–Kier alpha value is -0.440. The van der Waals surface area contributed by atoms with Crippen LogP contribution >= 0.6 is 11.8 Å². The number of thioether (sulfide) groups is 1. The van der Waals surface area contributed by atoms with Crippen LogP contribution in [0.5, 0.6) is 0 Å². The molecule has 0 spiro atoms. The van der Waals surface area contributed by atoms with E-state index in [9.17, 15) is 4.79 Å². The molecule has 218 valence electrons. The second kappa shape index (κ2) is 13.5. The van der Waals surface area contributed by atoms with Gasteiger partial charge in [-0.05, 0) is 116 Å². The van der Waals surface area contributed by atoms with Gasteiger partial charge in [-0.2, -0.15) is 0 Å². The van der Waals surface area contributed by atoms with Crippen LogP contribution in [0, 0.1) is 46.3 Å². The lowest BCUT2D eigenvalue weighted by molar-refractivity contribution is -0.0497. The van der Waals surface area contributed by atoms with Gasteiger partial charge in [-0.1, -0.05) is 98.1 Å². The monoisotopic (exact) mass is 544 g/mol. The quantitative estimate of drug-likeness (QED) is 0.139. The molecular weight excluding hydrogens is 484 g/mol. The molecule has 38 heavy (non-hydrogen) atoms. The Morgan fingerprint density at radius 1 is 0.974 bits per heavy atom. The van der Waals surface area contributed by atoms with Crippen LogP contribution < -0.4 is 0 Å². The Morgan fingerprint density at radius 2 is 1.76 bits per heavy atom. The van der Waals surface area contributed by atoms with Crippen molar-refractivity contribution in [2.24, 2.45) is 46.3 Å². The van der Waals surface area contributed by atoms with Gasteiger partial charge < -0.3 is 4.74 Å². The smallest absolute Gasteiger partial charge is 0.367 e. The third-order valence-electron chi connectivity index (χ3n) is 12.0. The minimum Gasteiger partial charge on any atom is -0.458 e. The molecule has 3 fully saturated rings. The van der Waals surface area contributed by atoms with Crippen molar-refractivity contribution in [1.82, 2.24) is 0 Å². The fraction of sp³-hybridized carbons (Fsp3) is 0.914. The summed E-state index contributed by atoms with van der Waals surface area (Å²) in [5.41, 5.74) is 2.62. The van der Waals surface area contributed by atoms with E-state index in [1.165, 1.54) is 102 Å². The first-order valence-corrected chi connectivity index (χ1v) is 17.6. The highest BCUT2D eigenvalue weighted by molar-refractivity contribution is 8.13. The van der Waals surface area contributed by atoms with E-state index in [2.05, 4.69) is 47.6 Å². The van der Waals surface area contributed by atoms with Crippen molar-refractivity contribution in [3.63, 3.8) is 0 Å². The van der Waals surface area contributed by atoms with E-state index in [1.807, 2.05) is 0 Å². The van der Waals surface area contributed by atoms with E-state index < -0.39 is 0 Å². The zero-order chi connectivity index (χ0) is 27.3. The van der Waals surface area contributed by atoms with E-state index in [1.54, 1.807) is 5.57 Å². The van der Waals surface area contributed by atoms with Gasteiger partial charge in [0.2, 0.25) is 0 Å². The number of fused-ring (bicyclic) bond motifs is 5. The van der Waals surface area contributed by atoms with Gasteiger partial charge in [0.15, 0.2) is 0 Å². The molecule has 3 saturated carbocycles. The molecule has 0 bridgehead atoms. The Labute approximate surface area is 240 Å². The molecule has 0 saturated heterocycles. The highest BCUT2D eigenvalue weighted by Gasteiger charge is 2.59. The summed E-state index contributed by atoms with van der Waals surface area (Å²) in [6, 6.07) is 0. The molecule has 0 aromatic heterocycles. The third-order valence-corrected chi connectivity index (χ3v) is 13.0. The number of allylic oxidation sites excluding steroid dienone is 2. The van der Waals surface area contributed by atoms with E-state index >= 15 is 0 Å². The molecule has 0 aliphatic heterocycles. The number of carbonyl (C=O) groups is 1. The van der Waals surface area contributed by atoms with Crippen LogP contribution in [0.4, 0.5) is 4.79 Å². The molecule has 3 heteroatoms. The predicted molar refractivity (Wildman–Crippen MR) is 165 cm³/mol. The summed E-state index contributed by atoms with van der Waals surface area (Å²) in [6.45, 7) is 15.5. The number of unbranched alkanes of at least 4 members (excludes halogenated alkanes) is 4. The molecule has 0 heterocycles. The fourth-order valence-corrected chi connectivity index (χ4v) is 10.7. The van der Waals surface area contributed by atoms with Crippen molar-refractivity contribution in [2.45, 2.75) is 150 Å². The van der Waals surface area contributed by atoms with Gasteiger partial charge in [0.25, 0.3) is 0 Å². The molecule has 0 aromatic carbocycles. The van der Waals surface area contributed by atoms with Gasteiger partial charge >= 0.3 is 5.30 Å². The van der Waals surface area contributed by atoms with E-state index in [0.717, 1.165) is 48.3 Å². The minimum atomic E-state index is -0.0312. The van der Waals surface area contributed by atoms with Gasteiger partial charge in [0.05, 0.1) is 6.61 Å². The SMILES string of the molecule is CCCCCCCOC(=O)S[C@H]1CC[C@@]2(C)C(=CC[C@H]3[C@@H]4CC[C@H]([C@H](C)CCCC(C)C)[C@@]4(C)CC[C@@H]32)C1. The molecule has 0 N–H and O–H groups in total. The molecule has 2 nitrogen and oxygen atoms in total. The maximum Gasteiger partial charge on any atom is 0.367 e. The average Bonchev–Trinajstić information content (AvgIpc) is 3.23. The highest BCUT2D eigenvalue weighted by Crippen LogP contribution is 2.67. The summed E-state index contributed by atoms with van der Waals surface area (Å²) in [4.78, 5) is 12.5. The molecule has 0 radical (unpaired) electrons. The van der Waals surface area contributed by atoms with E-state index in [0.29, 0.717) is 22.7 Å². The lowest BCUT2D eigenvalue weighted by atomic mass is 9.47. The molecule has 0 aromatic rings. The Balaban J connectivity index is 1.31. The standard InChI is InChI=1S/C35H60O2S/c1-7-8-9-10-11-23-37-33(36)38-28-19-21-34(5)27(24-28)15-16-29-31-18-17-30(26(4)14-12-13-25(2)3)35(31,6)22-20-32(29)34/h15,25-26,28-32H,7-14,16-24H2,1-6H3/t26-,28+,29+,30-,31+,32+,34+,35-/m1/s1. The van der Waals surface area contributed by atoms with Gasteiger partial charge in [-0.3, -0.25) is 0 Å². The van der Waals surface area contributed by atoms with Crippen molar-refractivity contribution in [3.05, 3.63) is 11.6 Å². The Kier molecular flexibility index (Phi) is 10.8. The summed E-state index contributed by atoms with van der Waals surface area (Å²) in [7, 11) is 0. The molecular formula is C35H60O2S. The first-order chi connectivity index (χ1) is 18.2. The number of ether oxygens (including phenoxy) is 1. The molecule has 4 rings (SSSR count). The predicted octanol–water partition coefficient (Wildman–Crippen LogP) is 11.2. The topological polar surface area (TPSA) is 26.3 Å². The second-order valence-corrected chi connectivity index (χ2v) is 16.0. The lowest BCUT2D eigenvalue weighted by Crippen LogP contribution is -2.50. The first-order valence-electron chi connectivity index (χ1n) is 16.7. The van der Waals surface area contributed by atoms with Crippen LogP contribution in [-0.2, 0) is 4.74 Å². The van der Waals surface area contributed by atoms with Crippen LogP contribution in [0.15, 0.2) is 11.6 Å². The van der Waals surface area contributed by atoms with Crippen LogP contribution in [0.3, 0.4) is 0 Å². The van der Waals surface area contributed by atoms with Crippen LogP contribution in [0.2, 0.25) is 0 Å². The van der Waals surface area contributed by atoms with Crippen LogP contribution in [-0.4, -0.2) is 17.2 Å². The van der Waals surface area contributed by atoms with Crippen molar-refractivity contribution in [2.75, 3.05) is 6.61 Å². The Morgan fingerprint density at radius 3 is 2.53 bits per heavy atom. The molecule has 8 atom stereocenters. The van der Waals surface area contributed by atoms with Gasteiger partial charge in [-0.15, -0.1) is 0 Å². The Bertz CT molecular complexity index is 804. The van der Waals surface area contributed by atoms with Crippen LogP contribution in [0.1, 0.15) is 144 Å². The summed E-state index contributed by atoms with van der Waals surface area (Å²) in [6.07, 6.45) is 23.6. The third kappa shape index (κ3) is 6.71. The summed E-state index contributed by atoms with van der Waals surface area (Å²) in [5, 5.41) is 0.381. The largest absolute Gasteiger partial charge is 0.458 e. The molecule has 4 aliphatic carbocycles. The fourth-order valence-electron chi connectivity index (χ4n) is 9.78. The minimum absolute atomic E-state index is 0.0312. The summed E-state index contributed by atoms with van der Waals surface area (Å²) < 4.78 is 5.60. The first kappa shape index (κ1) is 30.5. The second-order valence-electron chi connectivity index (χ2n) is 14.8. The summed E-state index contributed by atoms with van der Waals surface area (Å²) in [5.74, 6) is 5.33. The average molecular weight is 545 g/mol. The molecule has 0 amide bonds. The number of hydrogen-bond acceptors (Lipinski definition) is 3. The number of hydrogen-bond donors (Lipinski definition) is 0. The summed E-state index contributed by atoms with van der Waals surface area (Å²) >= 11 is 1.50. The maximum absolute atomic E-state index is 12.5. The van der Waals surface area contributed by atoms with Crippen molar-refractivity contribution in [3.8, 4) is 0 Å². The normalized spacial score (nSPS) is 37.2. The zero-order valence-corrected chi connectivity index (χ0v) is 26.7. The van der Waals surface area contributed by atoms with Crippen molar-refractivity contribution < 1.29 is 9.53 Å². The van der Waals surface area contributed by atoms with Crippen molar-refractivity contribution >= 4 is 17.1 Å². The molecule has 0 unspecified atom stereocenters. The lowest BCUT2D eigenvalue weighted by Gasteiger charge is -2.58. The van der Waals surface area contributed by atoms with Gasteiger partial charge in [-0.25, -0.2) is 4.79 Å². The van der Waals surface area contributed by atoms with Crippen molar-refractivity contribution in [1.29, 1.82) is 0 Å². The number of carbonyl (C=O) groups excluding carboxylic acids is 1. The van der Waals surface area contributed by atoms with Crippen LogP contribution in [0.25, 0.3) is 0 Å². The number of rotatable bonds is 12. The van der Waals surface area contributed by atoms with E-state index in [4.69, 9.17) is 4.74 Å².